The van der Waals surface area contributed by atoms with Crippen LogP contribution in [0.25, 0.3) is 0 Å². The minimum Gasteiger partial charge on any atom is -0.454 e. The van der Waals surface area contributed by atoms with Gasteiger partial charge in [0.1, 0.15) is 0 Å². The zero-order chi connectivity index (χ0) is 20.2. The average molecular weight is 407 g/mol. The molecule has 0 amide bonds. The number of benzene rings is 1. The van der Waals surface area contributed by atoms with Crippen molar-refractivity contribution >= 4 is 8.32 Å². The predicted molar refractivity (Wildman–Crippen MR) is 110 cm³/mol. The highest BCUT2D eigenvalue weighted by Gasteiger charge is 2.54. The fourth-order valence-electron chi connectivity index (χ4n) is 6.07. The molecule has 0 aromatic heterocycles. The minimum absolute atomic E-state index is 0.0372. The van der Waals surface area contributed by atoms with Crippen LogP contribution >= 0.6 is 0 Å². The summed E-state index contributed by atoms with van der Waals surface area (Å²) >= 11 is 0. The summed E-state index contributed by atoms with van der Waals surface area (Å²) in [6.45, 7) is 14.9. The van der Waals surface area contributed by atoms with Crippen LogP contribution in [-0.4, -0.2) is 33.4 Å². The van der Waals surface area contributed by atoms with Crippen molar-refractivity contribution in [2.45, 2.75) is 70.4 Å². The molecule has 1 N–H and O–H groups in total. The molecule has 4 atom stereocenters. The van der Waals surface area contributed by atoms with Crippen molar-refractivity contribution in [1.29, 1.82) is 0 Å². The molecular formula is C22H34O5Si. The lowest BCUT2D eigenvalue weighted by atomic mass is 9.76. The first kappa shape index (κ1) is 20.2. The summed E-state index contributed by atoms with van der Waals surface area (Å²) in [5, 5.41) is 10.2. The Morgan fingerprint density at radius 3 is 1.89 bits per heavy atom. The van der Waals surface area contributed by atoms with Crippen molar-refractivity contribution in [1.82, 2.24) is 0 Å². The maximum absolute atomic E-state index is 10.2. The van der Waals surface area contributed by atoms with E-state index in [1.807, 2.05) is 6.07 Å². The molecule has 1 fully saturated rings. The van der Waals surface area contributed by atoms with Gasteiger partial charge in [0, 0.05) is 25.0 Å². The second-order valence-corrected chi connectivity index (χ2v) is 14.9. The number of hydrogen-bond acceptors (Lipinski definition) is 5. The van der Waals surface area contributed by atoms with E-state index < -0.39 is 8.32 Å². The molecule has 0 spiro atoms. The molecule has 3 aliphatic heterocycles. The third kappa shape index (κ3) is 2.83. The summed E-state index contributed by atoms with van der Waals surface area (Å²) < 4.78 is 24.3. The number of fused-ring (bicyclic) bond motifs is 6. The lowest BCUT2D eigenvalue weighted by molar-refractivity contribution is 0.0446. The summed E-state index contributed by atoms with van der Waals surface area (Å²) in [4.78, 5) is 0. The SMILES string of the molecule is CC(C)[Si](OC[C@H]1[C@@H](CO)[C@H]2O[C@@H]1c1cc3c(cc12)OCO3)(C(C)C)C(C)C. The lowest BCUT2D eigenvalue weighted by Crippen LogP contribution is -2.49. The van der Waals surface area contributed by atoms with Crippen LogP contribution < -0.4 is 9.47 Å². The lowest BCUT2D eigenvalue weighted by Gasteiger charge is -2.43. The van der Waals surface area contributed by atoms with Gasteiger partial charge in [-0.1, -0.05) is 41.5 Å². The first-order chi connectivity index (χ1) is 13.3. The molecule has 4 rings (SSSR count). The first-order valence-electron chi connectivity index (χ1n) is 10.6. The number of aliphatic hydroxyl groups excluding tert-OH is 1. The van der Waals surface area contributed by atoms with E-state index in [-0.39, 0.29) is 37.4 Å². The summed E-state index contributed by atoms with van der Waals surface area (Å²) in [7, 11) is -1.96. The Morgan fingerprint density at radius 1 is 0.929 bits per heavy atom. The first-order valence-corrected chi connectivity index (χ1v) is 12.8. The maximum Gasteiger partial charge on any atom is 0.231 e. The van der Waals surface area contributed by atoms with E-state index in [1.165, 1.54) is 5.56 Å². The van der Waals surface area contributed by atoms with Gasteiger partial charge in [0.25, 0.3) is 0 Å². The van der Waals surface area contributed by atoms with E-state index in [2.05, 4.69) is 47.6 Å². The van der Waals surface area contributed by atoms with E-state index in [4.69, 9.17) is 18.6 Å². The quantitative estimate of drug-likeness (QED) is 0.649. The van der Waals surface area contributed by atoms with Gasteiger partial charge in [-0.3, -0.25) is 0 Å². The molecule has 156 valence electrons. The van der Waals surface area contributed by atoms with E-state index in [0.29, 0.717) is 23.2 Å². The summed E-state index contributed by atoms with van der Waals surface area (Å²) in [6, 6.07) is 4.11. The Hall–Kier alpha value is -1.08. The third-order valence-corrected chi connectivity index (χ3v) is 13.3. The van der Waals surface area contributed by atoms with Crippen molar-refractivity contribution in [3.05, 3.63) is 23.3 Å². The molecule has 0 aliphatic carbocycles. The minimum atomic E-state index is -1.96. The second-order valence-electron chi connectivity index (χ2n) is 9.45. The second kappa shape index (κ2) is 7.31. The zero-order valence-electron chi connectivity index (χ0n) is 17.9. The van der Waals surface area contributed by atoms with Gasteiger partial charge in [0.05, 0.1) is 12.2 Å². The van der Waals surface area contributed by atoms with E-state index in [1.54, 1.807) is 0 Å². The van der Waals surface area contributed by atoms with Crippen LogP contribution in [0.5, 0.6) is 11.5 Å². The van der Waals surface area contributed by atoms with Crippen molar-refractivity contribution in [3.8, 4) is 11.5 Å². The molecule has 0 radical (unpaired) electrons. The molecule has 2 bridgehead atoms. The van der Waals surface area contributed by atoms with Crippen molar-refractivity contribution in [3.63, 3.8) is 0 Å². The number of hydrogen-bond donors (Lipinski definition) is 1. The van der Waals surface area contributed by atoms with Crippen LogP contribution in [0.4, 0.5) is 0 Å². The van der Waals surface area contributed by atoms with Gasteiger partial charge in [-0.25, -0.2) is 0 Å². The van der Waals surface area contributed by atoms with Crippen LogP contribution in [0, 0.1) is 11.8 Å². The number of rotatable bonds is 7. The molecule has 3 heterocycles. The van der Waals surface area contributed by atoms with Gasteiger partial charge >= 0.3 is 0 Å². The smallest absolute Gasteiger partial charge is 0.231 e. The van der Waals surface area contributed by atoms with Gasteiger partial charge in [0.15, 0.2) is 19.8 Å². The summed E-state index contributed by atoms with van der Waals surface area (Å²) in [6.07, 6.45) is -0.119. The predicted octanol–water partition coefficient (Wildman–Crippen LogP) is 4.96. The Balaban J connectivity index is 1.61. The summed E-state index contributed by atoms with van der Waals surface area (Å²) in [5.74, 6) is 1.82. The summed E-state index contributed by atoms with van der Waals surface area (Å²) in [5.41, 5.74) is 3.95. The Labute approximate surface area is 169 Å². The highest BCUT2D eigenvalue weighted by molar-refractivity contribution is 6.77. The normalized spacial score (nSPS) is 28.1. The van der Waals surface area contributed by atoms with E-state index in [9.17, 15) is 5.11 Å². The third-order valence-electron chi connectivity index (χ3n) is 7.26. The van der Waals surface area contributed by atoms with Gasteiger partial charge in [-0.2, -0.15) is 0 Å². The fourth-order valence-corrected chi connectivity index (χ4v) is 11.5. The maximum atomic E-state index is 10.2. The Kier molecular flexibility index (Phi) is 5.27. The van der Waals surface area contributed by atoms with Crippen LogP contribution in [-0.2, 0) is 9.16 Å². The van der Waals surface area contributed by atoms with Crippen LogP contribution in [0.2, 0.25) is 16.6 Å². The highest BCUT2D eigenvalue weighted by Crippen LogP contribution is 2.59. The Morgan fingerprint density at radius 2 is 1.43 bits per heavy atom. The topological polar surface area (TPSA) is 57.2 Å². The highest BCUT2D eigenvalue weighted by atomic mass is 28.4. The monoisotopic (exact) mass is 406 g/mol. The average Bonchev–Trinajstić information content (AvgIpc) is 3.32. The van der Waals surface area contributed by atoms with Gasteiger partial charge < -0.3 is 23.7 Å². The molecule has 6 heteroatoms. The molecular weight excluding hydrogens is 372 g/mol. The van der Waals surface area contributed by atoms with Crippen molar-refractivity contribution in [2.75, 3.05) is 20.0 Å². The molecule has 3 aliphatic rings. The van der Waals surface area contributed by atoms with Gasteiger partial charge in [0.2, 0.25) is 6.79 Å². The van der Waals surface area contributed by atoms with Crippen molar-refractivity contribution in [2.24, 2.45) is 11.8 Å². The van der Waals surface area contributed by atoms with Crippen LogP contribution in [0.1, 0.15) is 64.9 Å². The van der Waals surface area contributed by atoms with E-state index >= 15 is 0 Å². The fraction of sp³-hybridized carbons (Fsp3) is 0.727. The van der Waals surface area contributed by atoms with Gasteiger partial charge in [-0.05, 0) is 39.9 Å². The molecule has 5 nitrogen and oxygen atoms in total. The standard InChI is InChI=1S/C22H34O5Si/c1-12(2)28(13(3)4,14(5)6)26-10-18-17(9-23)21-15-7-19-20(25-11-24-19)8-16(15)22(18)27-21/h7-8,12-14,17-18,21-23H,9-11H2,1-6H3/t17-,18+,21+,22-/m1/s1. The molecule has 28 heavy (non-hydrogen) atoms. The zero-order valence-corrected chi connectivity index (χ0v) is 18.9. The van der Waals surface area contributed by atoms with Crippen LogP contribution in [0.3, 0.4) is 0 Å². The molecule has 0 saturated carbocycles. The number of ether oxygens (including phenoxy) is 3. The largest absolute Gasteiger partial charge is 0.454 e. The van der Waals surface area contributed by atoms with Crippen molar-refractivity contribution < 1.29 is 23.7 Å². The molecule has 1 aromatic carbocycles. The Bertz CT molecular complexity index is 710. The van der Waals surface area contributed by atoms with E-state index in [0.717, 1.165) is 17.1 Å². The van der Waals surface area contributed by atoms with Gasteiger partial charge in [-0.15, -0.1) is 0 Å². The van der Waals surface area contributed by atoms with Crippen LogP contribution in [0.15, 0.2) is 12.1 Å². The molecule has 0 unspecified atom stereocenters. The molecule has 1 saturated heterocycles. The molecule has 1 aromatic rings. The number of aliphatic hydroxyl groups is 1.